The van der Waals surface area contributed by atoms with Crippen molar-refractivity contribution in [1.29, 1.82) is 5.26 Å². The van der Waals surface area contributed by atoms with Gasteiger partial charge in [0.15, 0.2) is 17.4 Å². The van der Waals surface area contributed by atoms with Crippen LogP contribution in [-0.2, 0) is 24.4 Å². The molecule has 0 amide bonds. The van der Waals surface area contributed by atoms with E-state index >= 15 is 0 Å². The molecule has 44 heavy (non-hydrogen) atoms. The Hall–Kier alpha value is -4.61. The monoisotopic (exact) mass is 602 g/mol. The summed E-state index contributed by atoms with van der Waals surface area (Å²) in [6.07, 6.45) is 2.75. The van der Waals surface area contributed by atoms with Gasteiger partial charge in [-0.2, -0.15) is 10.2 Å². The summed E-state index contributed by atoms with van der Waals surface area (Å²) in [6, 6.07) is 13.3. The molecule has 0 aliphatic carbocycles. The lowest BCUT2D eigenvalue weighted by Crippen LogP contribution is -2.47. The van der Waals surface area contributed by atoms with Gasteiger partial charge in [0.2, 0.25) is 5.88 Å². The fourth-order valence-corrected chi connectivity index (χ4v) is 4.95. The maximum absolute atomic E-state index is 14.1. The van der Waals surface area contributed by atoms with Crippen molar-refractivity contribution in [2.24, 2.45) is 5.73 Å². The van der Waals surface area contributed by atoms with Gasteiger partial charge < -0.3 is 29.7 Å². The van der Waals surface area contributed by atoms with Crippen LogP contribution in [0.25, 0.3) is 16.8 Å². The number of hydrogen-bond donors (Lipinski definition) is 2. The van der Waals surface area contributed by atoms with Crippen LogP contribution in [0.15, 0.2) is 55.2 Å². The van der Waals surface area contributed by atoms with Crippen LogP contribution in [0.4, 0.5) is 4.39 Å². The summed E-state index contributed by atoms with van der Waals surface area (Å²) in [6.45, 7) is 8.63. The highest BCUT2D eigenvalue weighted by Gasteiger charge is 2.25. The second kappa shape index (κ2) is 14.2. The van der Waals surface area contributed by atoms with Crippen molar-refractivity contribution in [3.8, 4) is 17.7 Å². The van der Waals surface area contributed by atoms with Crippen LogP contribution in [-0.4, -0.2) is 80.5 Å². The van der Waals surface area contributed by atoms with Crippen LogP contribution in [0.5, 0.6) is 11.6 Å². The molecule has 12 nitrogen and oxygen atoms in total. The number of nitrogens with zero attached hydrogens (tertiary/aromatic N) is 7. The number of nitrogens with two attached hydrogens (primary N) is 1. The highest BCUT2D eigenvalue weighted by Crippen LogP contribution is 2.25. The Morgan fingerprint density at radius 1 is 1.16 bits per heavy atom. The van der Waals surface area contributed by atoms with Gasteiger partial charge in [0.1, 0.15) is 18.2 Å². The number of ether oxygens (including phenoxy) is 2. The van der Waals surface area contributed by atoms with E-state index in [4.69, 9.17) is 24.6 Å². The van der Waals surface area contributed by atoms with Gasteiger partial charge in [-0.15, -0.1) is 5.06 Å². The Morgan fingerprint density at radius 3 is 2.64 bits per heavy atom. The minimum Gasteiger partial charge on any atom is -0.508 e. The quantitative estimate of drug-likeness (QED) is 0.257. The van der Waals surface area contributed by atoms with Gasteiger partial charge in [-0.3, -0.25) is 4.90 Å². The molecule has 1 unspecified atom stereocenters. The van der Waals surface area contributed by atoms with E-state index in [1.54, 1.807) is 12.3 Å². The van der Waals surface area contributed by atoms with E-state index < -0.39 is 5.82 Å². The zero-order chi connectivity index (χ0) is 31.1. The summed E-state index contributed by atoms with van der Waals surface area (Å²) < 4.78 is 27.5. The molecule has 4 heterocycles. The third-order valence-electron chi connectivity index (χ3n) is 7.36. The number of benzene rings is 2. The number of aromatic nitrogens is 4. The molecule has 1 atom stereocenters. The first-order valence-electron chi connectivity index (χ1n) is 14.3. The van der Waals surface area contributed by atoms with Crippen molar-refractivity contribution in [2.75, 3.05) is 39.8 Å². The lowest BCUT2D eigenvalue weighted by Gasteiger charge is -2.33. The smallest absolute Gasteiger partial charge is 0.241 e. The first-order valence-corrected chi connectivity index (χ1v) is 14.3. The molecule has 0 bridgehead atoms. The summed E-state index contributed by atoms with van der Waals surface area (Å²) in [7, 11) is 1.50. The lowest BCUT2D eigenvalue weighted by atomic mass is 10.1. The Kier molecular flexibility index (Phi) is 9.98. The number of rotatable bonds is 10. The number of halogens is 1. The van der Waals surface area contributed by atoms with Gasteiger partial charge >= 0.3 is 0 Å². The number of hydroxylamine groups is 2. The molecule has 0 radical (unpaired) electrons. The average Bonchev–Trinajstić information content (AvgIpc) is 3.36. The van der Waals surface area contributed by atoms with Crippen LogP contribution in [0, 0.1) is 17.1 Å². The Morgan fingerprint density at radius 2 is 1.95 bits per heavy atom. The number of piperazine rings is 1. The third-order valence-corrected chi connectivity index (χ3v) is 7.36. The lowest BCUT2D eigenvalue weighted by molar-refractivity contribution is -0.0937. The van der Waals surface area contributed by atoms with E-state index in [0.717, 1.165) is 49.0 Å². The Balaban J connectivity index is 0.00000188. The maximum atomic E-state index is 14.1. The molecule has 4 aromatic rings. The minimum atomic E-state index is -0.618. The van der Waals surface area contributed by atoms with E-state index in [1.165, 1.54) is 19.2 Å². The van der Waals surface area contributed by atoms with E-state index in [1.807, 2.05) is 29.3 Å². The van der Waals surface area contributed by atoms with Crippen LogP contribution >= 0.6 is 0 Å². The molecular weight excluding hydrogens is 567 g/mol. The first kappa shape index (κ1) is 30.8. The van der Waals surface area contributed by atoms with Crippen molar-refractivity contribution in [1.82, 2.24) is 29.5 Å². The van der Waals surface area contributed by atoms with Crippen molar-refractivity contribution in [3.63, 3.8) is 0 Å². The van der Waals surface area contributed by atoms with Crippen LogP contribution in [0.3, 0.4) is 0 Å². The van der Waals surface area contributed by atoms with Gasteiger partial charge in [0.05, 0.1) is 41.9 Å². The number of aliphatic hydroxyl groups is 1. The molecule has 2 aromatic carbocycles. The van der Waals surface area contributed by atoms with E-state index in [0.29, 0.717) is 43.4 Å². The molecule has 3 N–H and O–H groups in total. The van der Waals surface area contributed by atoms with Crippen LogP contribution in [0.2, 0.25) is 0 Å². The largest absolute Gasteiger partial charge is 0.508 e. The average molecular weight is 603 g/mol. The molecule has 6 rings (SSSR count). The van der Waals surface area contributed by atoms with Gasteiger partial charge in [0.25, 0.3) is 0 Å². The zero-order valence-corrected chi connectivity index (χ0v) is 24.5. The van der Waals surface area contributed by atoms with Crippen molar-refractivity contribution in [2.45, 2.75) is 32.2 Å². The number of hydrogen-bond acceptors (Lipinski definition) is 11. The fourth-order valence-electron chi connectivity index (χ4n) is 4.95. The SMILES string of the molecule is C=C(O)c1ccc2nc(CN3CCN(Oc4ccnc(COc5ccc(C#N)cc5F)n4)CC3)n(CC3CCO3)c2c1.CN. The normalized spacial score (nSPS) is 16.8. The van der Waals surface area contributed by atoms with Crippen molar-refractivity contribution in [3.05, 3.63) is 83.8 Å². The van der Waals surface area contributed by atoms with E-state index in [-0.39, 0.29) is 29.8 Å². The molecule has 2 saturated heterocycles. The predicted octanol–water partition coefficient (Wildman–Crippen LogP) is 3.42. The highest BCUT2D eigenvalue weighted by molar-refractivity contribution is 5.80. The standard InChI is InChI=1S/C30H30FN7O4.CH5N/c1-20(39)22-3-4-25-26(15-22)38(17-23-7-13-40-23)29(34-25)18-36-9-11-37(12-10-36)42-30-6-8-33-28(35-30)19-41-27-5-2-21(16-32)14-24(27)31;1-2/h2-6,8,14-15,23,39H,1,7,9-13,17-19H2;2H2,1H3. The Bertz CT molecular complexity index is 1640. The second-order valence-electron chi connectivity index (χ2n) is 10.2. The summed E-state index contributed by atoms with van der Waals surface area (Å²) in [5, 5.41) is 20.7. The number of nitriles is 1. The predicted molar refractivity (Wildman–Crippen MR) is 161 cm³/mol. The molecule has 0 saturated carbocycles. The van der Waals surface area contributed by atoms with Gasteiger partial charge in [-0.1, -0.05) is 6.58 Å². The zero-order valence-electron chi connectivity index (χ0n) is 24.5. The molecule has 2 aliphatic rings. The third kappa shape index (κ3) is 7.29. The summed E-state index contributed by atoms with van der Waals surface area (Å²) in [5.74, 6) is 1.11. The number of imidazole rings is 1. The second-order valence-corrected chi connectivity index (χ2v) is 10.2. The summed E-state index contributed by atoms with van der Waals surface area (Å²) >= 11 is 0. The van der Waals surface area contributed by atoms with E-state index in [2.05, 4.69) is 31.7 Å². The fraction of sp³-hybridized carbons (Fsp3) is 0.355. The van der Waals surface area contributed by atoms with Crippen LogP contribution in [0.1, 0.15) is 29.2 Å². The molecule has 13 heteroatoms. The first-order chi connectivity index (χ1) is 21.4. The summed E-state index contributed by atoms with van der Waals surface area (Å²) in [4.78, 5) is 21.8. The number of fused-ring (bicyclic) bond motifs is 1. The topological polar surface area (TPSA) is 148 Å². The molecule has 230 valence electrons. The molecule has 0 spiro atoms. The maximum Gasteiger partial charge on any atom is 0.241 e. The van der Waals surface area contributed by atoms with Gasteiger partial charge in [0, 0.05) is 50.6 Å². The minimum absolute atomic E-state index is 0.0214. The van der Waals surface area contributed by atoms with Gasteiger partial charge in [-0.05, 0) is 49.9 Å². The Labute approximate surface area is 254 Å². The van der Waals surface area contributed by atoms with Crippen molar-refractivity contribution < 1.29 is 23.8 Å². The number of aliphatic hydroxyl groups excluding tert-OH is 1. The van der Waals surface area contributed by atoms with E-state index in [9.17, 15) is 9.50 Å². The summed E-state index contributed by atoms with van der Waals surface area (Å²) in [5.41, 5.74) is 7.23. The molecular formula is C31H35FN8O4. The highest BCUT2D eigenvalue weighted by atomic mass is 19.1. The van der Waals surface area contributed by atoms with Crippen molar-refractivity contribution >= 4 is 16.8 Å². The molecule has 2 aromatic heterocycles. The molecule has 2 fully saturated rings. The molecule has 2 aliphatic heterocycles. The van der Waals surface area contributed by atoms with Crippen LogP contribution < -0.4 is 15.3 Å². The van der Waals surface area contributed by atoms with Gasteiger partial charge in [-0.25, -0.2) is 14.4 Å².